The van der Waals surface area contributed by atoms with Crippen LogP contribution in [0.15, 0.2) is 0 Å². The Hall–Kier alpha value is -2.63. The molecule has 0 aliphatic carbocycles. The van der Waals surface area contributed by atoms with Crippen LogP contribution < -0.4 is 11.2 Å². The van der Waals surface area contributed by atoms with Crippen LogP contribution in [-0.2, 0) is 12.6 Å². The largest absolute Gasteiger partial charge is 0.419 e. The van der Waals surface area contributed by atoms with Crippen molar-refractivity contribution in [2.75, 3.05) is 24.2 Å². The molecule has 1 aromatic carbocycles. The van der Waals surface area contributed by atoms with E-state index in [-0.39, 0.29) is 6.42 Å². The maximum absolute atomic E-state index is 13.5. The first-order valence-corrected chi connectivity index (χ1v) is 8.36. The number of hydrogen-bond donors (Lipinski definition) is 2. The SMILES string of the molecule is CCCN(CCC)Nc1c([N+](=O)[O-])c(N)c(C(F)(F)F)c(CC)c1[N+](=O)[O-]. The average molecular weight is 393 g/mol. The molecule has 0 amide bonds. The lowest BCUT2D eigenvalue weighted by molar-refractivity contribution is -0.392. The summed E-state index contributed by atoms with van der Waals surface area (Å²) >= 11 is 0. The summed E-state index contributed by atoms with van der Waals surface area (Å²) in [6.07, 6.45) is -4.21. The summed E-state index contributed by atoms with van der Waals surface area (Å²) < 4.78 is 40.4. The summed E-state index contributed by atoms with van der Waals surface area (Å²) in [4.78, 5) is 20.9. The molecular formula is C15H22F3N5O4. The molecule has 0 unspecified atom stereocenters. The van der Waals surface area contributed by atoms with Gasteiger partial charge in [-0.2, -0.15) is 13.2 Å². The van der Waals surface area contributed by atoms with Crippen molar-refractivity contribution in [3.05, 3.63) is 31.4 Å². The number of nitrogens with one attached hydrogen (secondary N) is 1. The molecule has 0 radical (unpaired) electrons. The van der Waals surface area contributed by atoms with Crippen LogP contribution in [0.25, 0.3) is 0 Å². The van der Waals surface area contributed by atoms with Crippen molar-refractivity contribution >= 4 is 22.7 Å². The molecule has 0 bridgehead atoms. The molecule has 0 heterocycles. The van der Waals surface area contributed by atoms with Crippen molar-refractivity contribution in [2.24, 2.45) is 0 Å². The van der Waals surface area contributed by atoms with Crippen molar-refractivity contribution in [3.63, 3.8) is 0 Å². The number of hydrazine groups is 1. The van der Waals surface area contributed by atoms with Gasteiger partial charge in [-0.1, -0.05) is 20.8 Å². The van der Waals surface area contributed by atoms with E-state index in [0.717, 1.165) is 0 Å². The van der Waals surface area contributed by atoms with E-state index in [1.54, 1.807) is 0 Å². The Labute approximate surface area is 153 Å². The zero-order valence-corrected chi connectivity index (χ0v) is 15.2. The number of benzene rings is 1. The lowest BCUT2D eigenvalue weighted by Crippen LogP contribution is -2.32. The summed E-state index contributed by atoms with van der Waals surface area (Å²) in [6.45, 7) is 5.70. The lowest BCUT2D eigenvalue weighted by atomic mass is 9.97. The Bertz CT molecular complexity index is 719. The summed E-state index contributed by atoms with van der Waals surface area (Å²) in [5.74, 6) is 0. The van der Waals surface area contributed by atoms with Crippen molar-refractivity contribution in [2.45, 2.75) is 46.2 Å². The van der Waals surface area contributed by atoms with Crippen LogP contribution in [-0.4, -0.2) is 27.9 Å². The van der Waals surface area contributed by atoms with Gasteiger partial charge in [-0.15, -0.1) is 0 Å². The highest BCUT2D eigenvalue weighted by Gasteiger charge is 2.45. The fourth-order valence-electron chi connectivity index (χ4n) is 2.88. The Morgan fingerprint density at radius 1 is 1.04 bits per heavy atom. The third-order valence-electron chi connectivity index (χ3n) is 3.84. The molecule has 0 spiro atoms. The van der Waals surface area contributed by atoms with Gasteiger partial charge in [0.1, 0.15) is 5.69 Å². The van der Waals surface area contributed by atoms with Crippen LogP contribution in [0.3, 0.4) is 0 Å². The predicted octanol–water partition coefficient (Wildman–Crippen LogP) is 4.12. The van der Waals surface area contributed by atoms with Crippen molar-refractivity contribution in [1.29, 1.82) is 0 Å². The molecule has 0 saturated heterocycles. The second-order valence-corrected chi connectivity index (χ2v) is 5.80. The van der Waals surface area contributed by atoms with Gasteiger partial charge in [0.2, 0.25) is 5.69 Å². The predicted molar refractivity (Wildman–Crippen MR) is 94.3 cm³/mol. The van der Waals surface area contributed by atoms with Crippen LogP contribution >= 0.6 is 0 Å². The molecule has 0 fully saturated rings. The number of nitrogen functional groups attached to an aromatic ring is 1. The minimum absolute atomic E-state index is 0.371. The molecule has 1 aromatic rings. The Balaban J connectivity index is 3.91. The highest BCUT2D eigenvalue weighted by molar-refractivity contribution is 5.87. The van der Waals surface area contributed by atoms with E-state index in [2.05, 4.69) is 5.43 Å². The number of rotatable bonds is 9. The Kier molecular flexibility index (Phi) is 7.34. The van der Waals surface area contributed by atoms with Crippen LogP contribution in [0, 0.1) is 20.2 Å². The van der Waals surface area contributed by atoms with Crippen molar-refractivity contribution in [1.82, 2.24) is 5.01 Å². The number of alkyl halides is 3. The minimum Gasteiger partial charge on any atom is -0.393 e. The number of nitrogens with two attached hydrogens (primary N) is 1. The second-order valence-electron chi connectivity index (χ2n) is 5.80. The zero-order chi connectivity index (χ0) is 20.9. The molecule has 0 aliphatic heterocycles. The van der Waals surface area contributed by atoms with E-state index in [1.807, 2.05) is 13.8 Å². The van der Waals surface area contributed by atoms with Gasteiger partial charge < -0.3 is 11.2 Å². The first kappa shape index (κ1) is 22.4. The summed E-state index contributed by atoms with van der Waals surface area (Å²) in [7, 11) is 0. The lowest BCUT2D eigenvalue weighted by Gasteiger charge is -2.25. The van der Waals surface area contributed by atoms with Gasteiger partial charge in [0, 0.05) is 18.7 Å². The highest BCUT2D eigenvalue weighted by atomic mass is 19.4. The average Bonchev–Trinajstić information content (AvgIpc) is 2.52. The van der Waals surface area contributed by atoms with Gasteiger partial charge in [0.05, 0.1) is 15.4 Å². The van der Waals surface area contributed by atoms with E-state index >= 15 is 0 Å². The topological polar surface area (TPSA) is 128 Å². The molecule has 12 heteroatoms. The van der Waals surface area contributed by atoms with Gasteiger partial charge >= 0.3 is 17.6 Å². The molecule has 152 valence electrons. The number of nitro groups is 2. The van der Waals surface area contributed by atoms with E-state index in [1.165, 1.54) is 11.9 Å². The third-order valence-corrected chi connectivity index (χ3v) is 3.84. The summed E-state index contributed by atoms with van der Waals surface area (Å²) in [5, 5.41) is 24.5. The van der Waals surface area contributed by atoms with Crippen LogP contribution in [0.5, 0.6) is 0 Å². The molecule has 0 aliphatic rings. The number of anilines is 2. The van der Waals surface area contributed by atoms with Crippen LogP contribution in [0.4, 0.5) is 35.9 Å². The molecular weight excluding hydrogens is 371 g/mol. The number of hydrogen-bond acceptors (Lipinski definition) is 7. The molecule has 0 aromatic heterocycles. The summed E-state index contributed by atoms with van der Waals surface area (Å²) in [6, 6.07) is 0. The number of nitrogens with zero attached hydrogens (tertiary/aromatic N) is 3. The normalized spacial score (nSPS) is 11.7. The van der Waals surface area contributed by atoms with Gasteiger partial charge in [0.25, 0.3) is 0 Å². The molecule has 0 saturated carbocycles. The van der Waals surface area contributed by atoms with Crippen LogP contribution in [0.2, 0.25) is 0 Å². The monoisotopic (exact) mass is 393 g/mol. The van der Waals surface area contributed by atoms with E-state index in [9.17, 15) is 33.4 Å². The highest BCUT2D eigenvalue weighted by Crippen LogP contribution is 2.50. The Morgan fingerprint density at radius 3 is 1.85 bits per heavy atom. The third kappa shape index (κ3) is 4.76. The standard InChI is InChI=1S/C15H22F3N5O4/c1-4-7-21(8-5-2)20-12-13(22(24)25)9(6-3)10(15(16,17)18)11(19)14(12)23(26)27/h20H,4-8,19H2,1-3H3. The van der Waals surface area contributed by atoms with E-state index < -0.39 is 49.9 Å². The molecule has 1 rings (SSSR count). The number of nitro benzene ring substituents is 2. The number of halogens is 3. The first-order chi connectivity index (χ1) is 12.5. The fraction of sp³-hybridized carbons (Fsp3) is 0.600. The van der Waals surface area contributed by atoms with Gasteiger partial charge in [0.15, 0.2) is 0 Å². The quantitative estimate of drug-likeness (QED) is 0.367. The van der Waals surface area contributed by atoms with Crippen molar-refractivity contribution < 1.29 is 23.0 Å². The second kappa shape index (κ2) is 8.84. The van der Waals surface area contributed by atoms with Gasteiger partial charge in [-0.25, -0.2) is 5.01 Å². The van der Waals surface area contributed by atoms with Crippen molar-refractivity contribution in [3.8, 4) is 0 Å². The molecule has 9 nitrogen and oxygen atoms in total. The maximum atomic E-state index is 13.5. The summed E-state index contributed by atoms with van der Waals surface area (Å²) in [5.41, 5.74) is 1.95. The minimum atomic E-state index is -5.07. The molecule has 27 heavy (non-hydrogen) atoms. The van der Waals surface area contributed by atoms with E-state index in [0.29, 0.717) is 25.9 Å². The van der Waals surface area contributed by atoms with Gasteiger partial charge in [-0.05, 0) is 19.3 Å². The van der Waals surface area contributed by atoms with Crippen LogP contribution in [0.1, 0.15) is 44.7 Å². The van der Waals surface area contributed by atoms with Gasteiger partial charge in [-0.3, -0.25) is 20.2 Å². The van der Waals surface area contributed by atoms with E-state index in [4.69, 9.17) is 5.73 Å². The Morgan fingerprint density at radius 2 is 1.52 bits per heavy atom. The molecule has 3 N–H and O–H groups in total. The molecule has 0 atom stereocenters. The fourth-order valence-corrected chi connectivity index (χ4v) is 2.88. The smallest absolute Gasteiger partial charge is 0.393 e. The first-order valence-electron chi connectivity index (χ1n) is 8.36. The maximum Gasteiger partial charge on any atom is 0.419 e. The zero-order valence-electron chi connectivity index (χ0n) is 15.2.